The summed E-state index contributed by atoms with van der Waals surface area (Å²) in [5.41, 5.74) is -0.0691. The number of nitrogens with zero attached hydrogens (tertiary/aromatic N) is 2. The number of carboxylic acid groups (broad SMARTS) is 1. The van der Waals surface area contributed by atoms with Crippen LogP contribution in [0.5, 0.6) is 0 Å². The number of hydrogen-bond donors (Lipinski definition) is 1. The van der Waals surface area contributed by atoms with Crippen molar-refractivity contribution in [1.82, 2.24) is 0 Å². The molecule has 0 saturated carbocycles. The summed E-state index contributed by atoms with van der Waals surface area (Å²) >= 11 is 0. The number of fused-ring (bicyclic) bond motifs is 1. The third-order valence-electron chi connectivity index (χ3n) is 1.71. The van der Waals surface area contributed by atoms with Gasteiger partial charge in [-0.15, -0.1) is 0 Å². The van der Waals surface area contributed by atoms with Crippen LogP contribution in [0.25, 0.3) is 0 Å². The van der Waals surface area contributed by atoms with Gasteiger partial charge in [0, 0.05) is 12.4 Å². The van der Waals surface area contributed by atoms with E-state index >= 15 is 0 Å². The molecule has 2 aliphatic heterocycles. The lowest BCUT2D eigenvalue weighted by atomic mass is 10.0. The Bertz CT molecular complexity index is 427. The maximum absolute atomic E-state index is 11.4. The fourth-order valence-electron chi connectivity index (χ4n) is 1.09. The summed E-state index contributed by atoms with van der Waals surface area (Å²) in [6.07, 6.45) is 3.90. The monoisotopic (exact) mass is 176 g/mol. The zero-order valence-corrected chi connectivity index (χ0v) is 6.39. The number of allylic oxidation sites excluding steroid dienone is 1. The van der Waals surface area contributed by atoms with Crippen LogP contribution in [-0.4, -0.2) is 28.9 Å². The number of Topliss-reactive ketones (excluding diaryl/α,β-unsaturated/α-hetero) is 1. The SMILES string of the molecule is O=C(O)C1=CN=C2N=CC=C2C1=O. The van der Waals surface area contributed by atoms with Crippen LogP contribution in [0, 0.1) is 0 Å². The van der Waals surface area contributed by atoms with Crippen LogP contribution < -0.4 is 0 Å². The first-order valence-corrected chi connectivity index (χ1v) is 3.51. The molecule has 5 nitrogen and oxygen atoms in total. The Morgan fingerprint density at radius 3 is 2.92 bits per heavy atom. The average Bonchev–Trinajstić information content (AvgIpc) is 2.52. The number of amidine groups is 1. The van der Waals surface area contributed by atoms with Crippen molar-refractivity contribution in [3.05, 3.63) is 23.4 Å². The summed E-state index contributed by atoms with van der Waals surface area (Å²) in [5.74, 6) is -1.51. The molecule has 0 fully saturated rings. The molecule has 0 amide bonds. The number of aliphatic carboxylic acids is 1. The first kappa shape index (κ1) is 7.60. The van der Waals surface area contributed by atoms with E-state index < -0.39 is 11.8 Å². The largest absolute Gasteiger partial charge is 0.477 e. The molecular formula is C8H4N2O3. The molecule has 5 heteroatoms. The summed E-state index contributed by atoms with van der Waals surface area (Å²) in [5, 5.41) is 8.60. The lowest BCUT2D eigenvalue weighted by Gasteiger charge is -2.06. The highest BCUT2D eigenvalue weighted by atomic mass is 16.4. The van der Waals surface area contributed by atoms with Gasteiger partial charge in [-0.2, -0.15) is 0 Å². The standard InChI is InChI=1S/C8H4N2O3/c11-6-4-1-2-9-7(4)10-3-5(6)8(12)13/h1-3H,(H,12,13). The molecule has 0 atom stereocenters. The Kier molecular flexibility index (Phi) is 1.45. The zero-order valence-electron chi connectivity index (χ0n) is 6.39. The number of aliphatic imine (C=N–C) groups is 2. The number of rotatable bonds is 1. The van der Waals surface area contributed by atoms with Gasteiger partial charge < -0.3 is 5.11 Å². The van der Waals surface area contributed by atoms with Crippen molar-refractivity contribution in [2.75, 3.05) is 0 Å². The molecule has 13 heavy (non-hydrogen) atoms. The van der Waals surface area contributed by atoms with Gasteiger partial charge in [-0.05, 0) is 6.08 Å². The number of hydrogen-bond acceptors (Lipinski definition) is 4. The molecule has 2 aliphatic rings. The minimum absolute atomic E-state index is 0.250. The van der Waals surface area contributed by atoms with Gasteiger partial charge in [-0.25, -0.2) is 14.8 Å². The highest BCUT2D eigenvalue weighted by Crippen LogP contribution is 2.17. The third-order valence-corrected chi connectivity index (χ3v) is 1.71. The second-order valence-corrected chi connectivity index (χ2v) is 2.49. The van der Waals surface area contributed by atoms with Crippen molar-refractivity contribution in [1.29, 1.82) is 0 Å². The van der Waals surface area contributed by atoms with Crippen molar-refractivity contribution < 1.29 is 14.7 Å². The van der Waals surface area contributed by atoms with E-state index in [1.54, 1.807) is 0 Å². The highest BCUT2D eigenvalue weighted by Gasteiger charge is 2.28. The molecule has 0 aromatic carbocycles. The maximum atomic E-state index is 11.4. The fraction of sp³-hybridized carbons (Fsp3) is 0. The number of carbonyl (C=O) groups is 2. The first-order valence-electron chi connectivity index (χ1n) is 3.51. The normalized spacial score (nSPS) is 19.1. The van der Waals surface area contributed by atoms with E-state index in [0.29, 0.717) is 0 Å². The minimum Gasteiger partial charge on any atom is -0.477 e. The van der Waals surface area contributed by atoms with Crippen LogP contribution in [0.15, 0.2) is 33.4 Å². The van der Waals surface area contributed by atoms with E-state index in [1.165, 1.54) is 12.3 Å². The van der Waals surface area contributed by atoms with E-state index in [2.05, 4.69) is 9.98 Å². The Morgan fingerprint density at radius 1 is 1.46 bits per heavy atom. The van der Waals surface area contributed by atoms with E-state index in [-0.39, 0.29) is 17.0 Å². The number of ketones is 1. The summed E-state index contributed by atoms with van der Waals surface area (Å²) in [4.78, 5) is 29.4. The molecule has 0 aliphatic carbocycles. The van der Waals surface area contributed by atoms with Crippen molar-refractivity contribution in [2.24, 2.45) is 9.98 Å². The minimum atomic E-state index is -1.26. The lowest BCUT2D eigenvalue weighted by Crippen LogP contribution is -2.20. The smallest absolute Gasteiger partial charge is 0.341 e. The van der Waals surface area contributed by atoms with Gasteiger partial charge in [0.15, 0.2) is 5.84 Å². The van der Waals surface area contributed by atoms with Gasteiger partial charge in [0.05, 0.1) is 5.57 Å². The third kappa shape index (κ3) is 1.01. The number of carbonyl (C=O) groups excluding carboxylic acids is 1. The molecule has 2 rings (SSSR count). The molecule has 0 spiro atoms. The Labute approximate surface area is 72.8 Å². The second-order valence-electron chi connectivity index (χ2n) is 2.49. The molecule has 0 aromatic heterocycles. The van der Waals surface area contributed by atoms with E-state index in [1.807, 2.05) is 0 Å². The highest BCUT2D eigenvalue weighted by molar-refractivity contribution is 6.38. The predicted octanol–water partition coefficient (Wildman–Crippen LogP) is -0.0531. The summed E-state index contributed by atoms with van der Waals surface area (Å²) < 4.78 is 0. The van der Waals surface area contributed by atoms with Crippen LogP contribution >= 0.6 is 0 Å². The molecule has 0 aromatic rings. The van der Waals surface area contributed by atoms with E-state index in [9.17, 15) is 9.59 Å². The fourth-order valence-corrected chi connectivity index (χ4v) is 1.09. The average molecular weight is 176 g/mol. The predicted molar refractivity (Wildman–Crippen MR) is 44.7 cm³/mol. The van der Waals surface area contributed by atoms with Gasteiger partial charge in [-0.3, -0.25) is 4.79 Å². The molecule has 0 bridgehead atoms. The van der Waals surface area contributed by atoms with Crippen LogP contribution in [-0.2, 0) is 9.59 Å². The molecule has 1 N–H and O–H groups in total. The summed E-state index contributed by atoms with van der Waals surface area (Å²) in [7, 11) is 0. The molecule has 0 unspecified atom stereocenters. The zero-order chi connectivity index (χ0) is 9.42. The van der Waals surface area contributed by atoms with Crippen LogP contribution in [0.2, 0.25) is 0 Å². The Balaban J connectivity index is 2.49. The van der Waals surface area contributed by atoms with Crippen LogP contribution in [0.4, 0.5) is 0 Å². The van der Waals surface area contributed by atoms with E-state index in [0.717, 1.165) is 6.20 Å². The van der Waals surface area contributed by atoms with Gasteiger partial charge in [0.25, 0.3) is 0 Å². The summed E-state index contributed by atoms with van der Waals surface area (Å²) in [6, 6.07) is 0. The van der Waals surface area contributed by atoms with Crippen molar-refractivity contribution in [3.63, 3.8) is 0 Å². The summed E-state index contributed by atoms with van der Waals surface area (Å²) in [6.45, 7) is 0. The van der Waals surface area contributed by atoms with Gasteiger partial charge in [0.2, 0.25) is 5.78 Å². The molecule has 0 radical (unpaired) electrons. The van der Waals surface area contributed by atoms with Crippen molar-refractivity contribution >= 4 is 23.8 Å². The maximum Gasteiger partial charge on any atom is 0.341 e. The number of carboxylic acids is 1. The lowest BCUT2D eigenvalue weighted by molar-refractivity contribution is -0.134. The van der Waals surface area contributed by atoms with Gasteiger partial charge >= 0.3 is 5.97 Å². The molecule has 2 heterocycles. The van der Waals surface area contributed by atoms with Crippen LogP contribution in [0.3, 0.4) is 0 Å². The molecule has 0 saturated heterocycles. The topological polar surface area (TPSA) is 79.1 Å². The van der Waals surface area contributed by atoms with Crippen molar-refractivity contribution in [2.45, 2.75) is 0 Å². The van der Waals surface area contributed by atoms with E-state index in [4.69, 9.17) is 5.11 Å². The quantitative estimate of drug-likeness (QED) is 0.568. The molecule has 64 valence electrons. The Hall–Kier alpha value is -2.04. The van der Waals surface area contributed by atoms with Crippen LogP contribution in [0.1, 0.15) is 0 Å². The second kappa shape index (κ2) is 2.48. The van der Waals surface area contributed by atoms with Gasteiger partial charge in [0.1, 0.15) is 5.57 Å². The van der Waals surface area contributed by atoms with Gasteiger partial charge in [-0.1, -0.05) is 0 Å². The van der Waals surface area contributed by atoms with Crippen molar-refractivity contribution in [3.8, 4) is 0 Å². The molecular weight excluding hydrogens is 172 g/mol. The Morgan fingerprint density at radius 2 is 2.23 bits per heavy atom. The first-order chi connectivity index (χ1) is 6.20.